The van der Waals surface area contributed by atoms with E-state index in [1.54, 1.807) is 13.0 Å². The zero-order valence-corrected chi connectivity index (χ0v) is 9.58. The van der Waals surface area contributed by atoms with Crippen LogP contribution in [-0.4, -0.2) is 11.1 Å². The fourth-order valence-electron chi connectivity index (χ4n) is 1.81. The second-order valence-electron chi connectivity index (χ2n) is 3.96. The molecule has 0 heterocycles. The van der Waals surface area contributed by atoms with Crippen molar-refractivity contribution in [2.75, 3.05) is 0 Å². The molecule has 0 amide bonds. The molecule has 2 aromatic rings. The van der Waals surface area contributed by atoms with Crippen molar-refractivity contribution in [1.82, 2.24) is 0 Å². The van der Waals surface area contributed by atoms with E-state index in [1.807, 2.05) is 0 Å². The van der Waals surface area contributed by atoms with Gasteiger partial charge in [0.2, 0.25) is 0 Å². The van der Waals surface area contributed by atoms with Gasteiger partial charge in [-0.05, 0) is 47.9 Å². The molecule has 0 bridgehead atoms. The van der Waals surface area contributed by atoms with Crippen molar-refractivity contribution < 1.29 is 18.7 Å². The standard InChI is InChI=1S/C14H10F2O2/c1-8-6-10(15)3-5-11(8)9-2-4-12(14(17)18)13(16)7-9/h2-7H,1H3,(H,17,18). The number of carboxylic acid groups (broad SMARTS) is 1. The number of benzene rings is 2. The van der Waals surface area contributed by atoms with E-state index in [0.717, 1.165) is 6.07 Å². The van der Waals surface area contributed by atoms with Gasteiger partial charge in [-0.1, -0.05) is 12.1 Å². The minimum Gasteiger partial charge on any atom is -0.478 e. The third-order valence-corrected chi connectivity index (χ3v) is 2.70. The highest BCUT2D eigenvalue weighted by atomic mass is 19.1. The molecule has 4 heteroatoms. The lowest BCUT2D eigenvalue weighted by atomic mass is 9.99. The number of aromatic carboxylic acids is 1. The fraction of sp³-hybridized carbons (Fsp3) is 0.0714. The Morgan fingerprint density at radius 2 is 1.83 bits per heavy atom. The van der Waals surface area contributed by atoms with Crippen molar-refractivity contribution >= 4 is 5.97 Å². The third-order valence-electron chi connectivity index (χ3n) is 2.70. The number of halogens is 2. The molecule has 0 saturated heterocycles. The topological polar surface area (TPSA) is 37.3 Å². The second-order valence-corrected chi connectivity index (χ2v) is 3.96. The van der Waals surface area contributed by atoms with Crippen molar-refractivity contribution in [2.45, 2.75) is 6.92 Å². The van der Waals surface area contributed by atoms with Crippen molar-refractivity contribution in [3.8, 4) is 11.1 Å². The van der Waals surface area contributed by atoms with Crippen molar-refractivity contribution in [1.29, 1.82) is 0 Å². The number of carbonyl (C=O) groups is 1. The molecule has 18 heavy (non-hydrogen) atoms. The first-order chi connectivity index (χ1) is 8.49. The summed E-state index contributed by atoms with van der Waals surface area (Å²) in [5, 5.41) is 8.73. The first-order valence-electron chi connectivity index (χ1n) is 5.28. The van der Waals surface area contributed by atoms with E-state index in [-0.39, 0.29) is 11.4 Å². The lowest BCUT2D eigenvalue weighted by molar-refractivity contribution is 0.0692. The molecule has 0 fully saturated rings. The van der Waals surface area contributed by atoms with Crippen molar-refractivity contribution in [3.63, 3.8) is 0 Å². The summed E-state index contributed by atoms with van der Waals surface area (Å²) in [5.41, 5.74) is 1.48. The Morgan fingerprint density at radius 1 is 1.11 bits per heavy atom. The highest BCUT2D eigenvalue weighted by molar-refractivity contribution is 5.88. The Labute approximate surface area is 103 Å². The first-order valence-corrected chi connectivity index (χ1v) is 5.28. The molecular formula is C14H10F2O2. The fourth-order valence-corrected chi connectivity index (χ4v) is 1.81. The van der Waals surface area contributed by atoms with Crippen LogP contribution in [0.25, 0.3) is 11.1 Å². The minimum absolute atomic E-state index is 0.362. The van der Waals surface area contributed by atoms with Crippen LogP contribution in [-0.2, 0) is 0 Å². The van der Waals surface area contributed by atoms with E-state index >= 15 is 0 Å². The van der Waals surface area contributed by atoms with Crippen LogP contribution in [0.2, 0.25) is 0 Å². The van der Waals surface area contributed by atoms with Gasteiger partial charge >= 0.3 is 5.97 Å². The first kappa shape index (κ1) is 12.2. The molecule has 0 atom stereocenters. The molecule has 0 aliphatic rings. The van der Waals surface area contributed by atoms with E-state index in [0.29, 0.717) is 16.7 Å². The quantitative estimate of drug-likeness (QED) is 0.880. The van der Waals surface area contributed by atoms with Gasteiger partial charge in [0, 0.05) is 0 Å². The molecule has 0 aliphatic heterocycles. The van der Waals surface area contributed by atoms with Crippen molar-refractivity contribution in [3.05, 3.63) is 59.2 Å². The Morgan fingerprint density at radius 3 is 2.39 bits per heavy atom. The summed E-state index contributed by atoms with van der Waals surface area (Å²) in [6, 6.07) is 8.02. The SMILES string of the molecule is Cc1cc(F)ccc1-c1ccc(C(=O)O)c(F)c1. The molecule has 1 N–H and O–H groups in total. The highest BCUT2D eigenvalue weighted by Crippen LogP contribution is 2.25. The smallest absolute Gasteiger partial charge is 0.338 e. The lowest BCUT2D eigenvalue weighted by Gasteiger charge is -2.07. The van der Waals surface area contributed by atoms with Gasteiger partial charge in [0.25, 0.3) is 0 Å². The van der Waals surface area contributed by atoms with Crippen molar-refractivity contribution in [2.24, 2.45) is 0 Å². The van der Waals surface area contributed by atoms with E-state index in [9.17, 15) is 13.6 Å². The molecule has 0 aromatic heterocycles. The minimum atomic E-state index is -1.31. The highest BCUT2D eigenvalue weighted by Gasteiger charge is 2.12. The Hall–Kier alpha value is -2.23. The van der Waals surface area contributed by atoms with Gasteiger partial charge in [-0.2, -0.15) is 0 Å². The van der Waals surface area contributed by atoms with Gasteiger partial charge in [0.05, 0.1) is 5.56 Å². The maximum Gasteiger partial charge on any atom is 0.338 e. The van der Waals surface area contributed by atoms with Crippen LogP contribution < -0.4 is 0 Å². The van der Waals surface area contributed by atoms with Crippen LogP contribution in [0, 0.1) is 18.6 Å². The summed E-state index contributed by atoms with van der Waals surface area (Å²) >= 11 is 0. The summed E-state index contributed by atoms with van der Waals surface area (Å²) in [4.78, 5) is 10.7. The molecule has 92 valence electrons. The second kappa shape index (κ2) is 4.56. The number of rotatable bonds is 2. The zero-order chi connectivity index (χ0) is 13.3. The number of aryl methyl sites for hydroxylation is 1. The maximum absolute atomic E-state index is 13.5. The molecular weight excluding hydrogens is 238 g/mol. The normalized spacial score (nSPS) is 10.4. The largest absolute Gasteiger partial charge is 0.478 e. The van der Waals surface area contributed by atoms with Gasteiger partial charge in [0.15, 0.2) is 0 Å². The number of hydrogen-bond acceptors (Lipinski definition) is 1. The lowest BCUT2D eigenvalue weighted by Crippen LogP contribution is -2.00. The van der Waals surface area contributed by atoms with Crippen LogP contribution >= 0.6 is 0 Å². The Kier molecular flexibility index (Phi) is 3.10. The zero-order valence-electron chi connectivity index (χ0n) is 9.58. The van der Waals surface area contributed by atoms with Crippen LogP contribution in [0.1, 0.15) is 15.9 Å². The predicted octanol–water partition coefficient (Wildman–Crippen LogP) is 3.64. The van der Waals surface area contributed by atoms with Gasteiger partial charge in [-0.3, -0.25) is 0 Å². The van der Waals surface area contributed by atoms with Gasteiger partial charge in [-0.25, -0.2) is 13.6 Å². The number of carboxylic acids is 1. The van der Waals surface area contributed by atoms with Crippen LogP contribution in [0.15, 0.2) is 36.4 Å². The molecule has 2 nitrogen and oxygen atoms in total. The third kappa shape index (κ3) is 2.22. The monoisotopic (exact) mass is 248 g/mol. The van der Waals surface area contributed by atoms with E-state index in [4.69, 9.17) is 5.11 Å². The Bertz CT molecular complexity index is 621. The average Bonchev–Trinajstić information content (AvgIpc) is 2.28. The summed E-state index contributed by atoms with van der Waals surface area (Å²) in [5.74, 6) is -2.47. The summed E-state index contributed by atoms with van der Waals surface area (Å²) in [6.07, 6.45) is 0. The van der Waals surface area contributed by atoms with Gasteiger partial charge in [-0.15, -0.1) is 0 Å². The van der Waals surface area contributed by atoms with E-state index in [1.165, 1.54) is 24.3 Å². The predicted molar refractivity (Wildman–Crippen MR) is 63.5 cm³/mol. The molecule has 0 radical (unpaired) electrons. The molecule has 0 unspecified atom stereocenters. The summed E-state index contributed by atoms with van der Waals surface area (Å²) in [7, 11) is 0. The Balaban J connectivity index is 2.52. The van der Waals surface area contributed by atoms with Gasteiger partial charge < -0.3 is 5.11 Å². The summed E-state index contributed by atoms with van der Waals surface area (Å²) in [6.45, 7) is 1.71. The van der Waals surface area contributed by atoms with Crippen LogP contribution in [0.4, 0.5) is 8.78 Å². The average molecular weight is 248 g/mol. The van der Waals surface area contributed by atoms with Crippen LogP contribution in [0.5, 0.6) is 0 Å². The molecule has 2 rings (SSSR count). The van der Waals surface area contributed by atoms with E-state index < -0.39 is 11.8 Å². The molecule has 0 aliphatic carbocycles. The van der Waals surface area contributed by atoms with Crippen LogP contribution in [0.3, 0.4) is 0 Å². The molecule has 0 saturated carbocycles. The molecule has 2 aromatic carbocycles. The van der Waals surface area contributed by atoms with Gasteiger partial charge in [0.1, 0.15) is 11.6 Å². The molecule has 0 spiro atoms. The maximum atomic E-state index is 13.5. The number of hydrogen-bond donors (Lipinski definition) is 1. The van der Waals surface area contributed by atoms with E-state index in [2.05, 4.69) is 0 Å². The summed E-state index contributed by atoms with van der Waals surface area (Å²) < 4.78 is 26.5.